The number of fused-ring (bicyclic) bond motifs is 1. The number of amides is 1. The third-order valence-electron chi connectivity index (χ3n) is 6.70. The van der Waals surface area contributed by atoms with Crippen molar-refractivity contribution in [3.8, 4) is 5.82 Å². The van der Waals surface area contributed by atoms with Crippen molar-refractivity contribution in [2.75, 3.05) is 48.9 Å². The van der Waals surface area contributed by atoms with Crippen molar-refractivity contribution in [3.63, 3.8) is 0 Å². The number of nitrogens with zero attached hydrogens (tertiary/aromatic N) is 8. The van der Waals surface area contributed by atoms with Crippen molar-refractivity contribution in [2.24, 2.45) is 4.36 Å². The normalized spacial score (nSPS) is 14.0. The van der Waals surface area contributed by atoms with E-state index in [4.69, 9.17) is 16.3 Å². The van der Waals surface area contributed by atoms with E-state index in [0.29, 0.717) is 53.7 Å². The average Bonchev–Trinajstić information content (AvgIpc) is 3.22. The molecule has 1 fully saturated rings. The third kappa shape index (κ3) is 7.45. The fraction of sp³-hybridized carbons (Fsp3) is 0.367. The summed E-state index contributed by atoms with van der Waals surface area (Å²) in [5.41, 5.74) is 0.959. The van der Waals surface area contributed by atoms with Crippen LogP contribution in [0.25, 0.3) is 16.9 Å². The third-order valence-corrected chi connectivity index (χ3v) is 7.63. The van der Waals surface area contributed by atoms with Crippen molar-refractivity contribution in [2.45, 2.75) is 32.9 Å². The molecule has 1 aliphatic heterocycles. The van der Waals surface area contributed by atoms with Gasteiger partial charge in [0, 0.05) is 60.3 Å². The van der Waals surface area contributed by atoms with Crippen molar-refractivity contribution in [1.29, 1.82) is 0 Å². The molecule has 1 aliphatic rings. The highest BCUT2D eigenvalue weighted by molar-refractivity contribution is 7.92. The first kappa shape index (κ1) is 32.0. The SMILES string of the molecule is C=CCn1c(=O)c2cnc(Nc3ccc(N4CCN(C(=O)OC(C)(C)C)CC4)c(Cl)c3)nc2n1-c1cccc(N=S(C)(C)=O)n1. The first-order valence-electron chi connectivity index (χ1n) is 14.3. The highest BCUT2D eigenvalue weighted by Crippen LogP contribution is 2.31. The Morgan fingerprint density at radius 3 is 2.53 bits per heavy atom. The highest BCUT2D eigenvalue weighted by atomic mass is 35.5. The molecule has 15 heteroatoms. The number of hydrogen-bond donors (Lipinski definition) is 1. The molecule has 1 saturated heterocycles. The van der Waals surface area contributed by atoms with Crippen molar-refractivity contribution in [3.05, 3.63) is 70.6 Å². The summed E-state index contributed by atoms with van der Waals surface area (Å²) in [7, 11) is -2.45. The number of carbonyl (C=O) groups is 1. The van der Waals surface area contributed by atoms with Gasteiger partial charge < -0.3 is 19.9 Å². The molecule has 0 atom stereocenters. The number of benzene rings is 1. The number of piperazine rings is 1. The molecule has 4 heterocycles. The first-order chi connectivity index (χ1) is 21.2. The Morgan fingerprint density at radius 1 is 1.16 bits per heavy atom. The van der Waals surface area contributed by atoms with Gasteiger partial charge >= 0.3 is 6.09 Å². The molecule has 3 aromatic heterocycles. The summed E-state index contributed by atoms with van der Waals surface area (Å²) in [5, 5.41) is 3.99. The zero-order valence-corrected chi connectivity index (χ0v) is 27.4. The molecule has 0 radical (unpaired) electrons. The molecule has 238 valence electrons. The zero-order chi connectivity index (χ0) is 32.5. The predicted octanol–water partition coefficient (Wildman–Crippen LogP) is 4.98. The number of halogens is 1. The Balaban J connectivity index is 1.40. The number of anilines is 3. The maximum Gasteiger partial charge on any atom is 0.410 e. The maximum atomic E-state index is 13.3. The van der Waals surface area contributed by atoms with Gasteiger partial charge in [0.25, 0.3) is 5.56 Å². The van der Waals surface area contributed by atoms with E-state index in [1.807, 2.05) is 32.9 Å². The summed E-state index contributed by atoms with van der Waals surface area (Å²) < 4.78 is 25.0. The van der Waals surface area contributed by atoms with E-state index in [2.05, 4.69) is 36.1 Å². The zero-order valence-electron chi connectivity index (χ0n) is 25.9. The van der Waals surface area contributed by atoms with Gasteiger partial charge in [-0.15, -0.1) is 6.58 Å². The van der Waals surface area contributed by atoms with Gasteiger partial charge in [0.1, 0.15) is 11.0 Å². The van der Waals surface area contributed by atoms with Gasteiger partial charge in [-0.25, -0.2) is 28.3 Å². The van der Waals surface area contributed by atoms with Gasteiger partial charge in [-0.2, -0.15) is 9.35 Å². The van der Waals surface area contributed by atoms with Crippen LogP contribution in [0.2, 0.25) is 5.02 Å². The molecule has 0 bridgehead atoms. The lowest BCUT2D eigenvalue weighted by molar-refractivity contribution is 0.0240. The number of rotatable bonds is 7. The number of nitrogens with one attached hydrogen (secondary N) is 1. The molecule has 0 spiro atoms. The first-order valence-corrected chi connectivity index (χ1v) is 17.0. The molecule has 13 nitrogen and oxygen atoms in total. The largest absolute Gasteiger partial charge is 0.444 e. The van der Waals surface area contributed by atoms with Gasteiger partial charge in [-0.1, -0.05) is 23.7 Å². The van der Waals surface area contributed by atoms with Gasteiger partial charge in [0.15, 0.2) is 17.3 Å². The van der Waals surface area contributed by atoms with Crippen LogP contribution in [0.15, 0.2) is 64.4 Å². The molecule has 45 heavy (non-hydrogen) atoms. The van der Waals surface area contributed by atoms with Crippen molar-refractivity contribution >= 4 is 61.6 Å². The van der Waals surface area contributed by atoms with Crippen LogP contribution in [0.3, 0.4) is 0 Å². The van der Waals surface area contributed by atoms with E-state index in [1.54, 1.807) is 39.9 Å². The molecule has 1 N–H and O–H groups in total. The standard InChI is InChI=1S/C30H36ClN9O4S/c1-7-13-39-27(41)21-19-32-28(35-26(21)40(39)25-10-8-9-24(34-25)36-45(5,6)43)33-20-11-12-23(22(31)18-20)37-14-16-38(17-15-37)29(42)44-30(2,3)4/h7-12,18-19H,1,13-17H2,2-6H3,(H,32,33,35). The fourth-order valence-corrected chi connectivity index (χ4v) is 5.69. The second-order valence-electron chi connectivity index (χ2n) is 11.8. The van der Waals surface area contributed by atoms with Gasteiger partial charge in [-0.3, -0.25) is 4.79 Å². The van der Waals surface area contributed by atoms with Crippen LogP contribution >= 0.6 is 11.6 Å². The van der Waals surface area contributed by atoms with Crippen LogP contribution in [0.5, 0.6) is 0 Å². The maximum absolute atomic E-state index is 13.3. The summed E-state index contributed by atoms with van der Waals surface area (Å²) in [6, 6.07) is 10.6. The lowest BCUT2D eigenvalue weighted by atomic mass is 10.2. The van der Waals surface area contributed by atoms with Gasteiger partial charge in [0.2, 0.25) is 5.95 Å². The van der Waals surface area contributed by atoms with E-state index in [1.165, 1.54) is 23.4 Å². The lowest BCUT2D eigenvalue weighted by Crippen LogP contribution is -2.50. The Morgan fingerprint density at radius 2 is 1.89 bits per heavy atom. The van der Waals surface area contributed by atoms with Crippen LogP contribution in [-0.2, 0) is 21.0 Å². The summed E-state index contributed by atoms with van der Waals surface area (Å²) in [6.07, 6.45) is 5.79. The smallest absolute Gasteiger partial charge is 0.410 e. The minimum atomic E-state index is -2.45. The second kappa shape index (κ2) is 12.5. The minimum absolute atomic E-state index is 0.197. The number of pyridine rings is 1. The number of allylic oxidation sites excluding steroid dienone is 1. The summed E-state index contributed by atoms with van der Waals surface area (Å²) in [6.45, 7) is 11.8. The van der Waals surface area contributed by atoms with Crippen molar-refractivity contribution in [1.82, 2.24) is 29.2 Å². The van der Waals surface area contributed by atoms with Crippen LogP contribution in [0.4, 0.5) is 27.9 Å². The minimum Gasteiger partial charge on any atom is -0.444 e. The summed E-state index contributed by atoms with van der Waals surface area (Å²) >= 11 is 6.71. The van der Waals surface area contributed by atoms with E-state index >= 15 is 0 Å². The highest BCUT2D eigenvalue weighted by Gasteiger charge is 2.27. The summed E-state index contributed by atoms with van der Waals surface area (Å²) in [5.74, 6) is 0.890. The number of carbonyl (C=O) groups excluding carboxylic acids is 1. The number of hydrogen-bond acceptors (Lipinski definition) is 10. The van der Waals surface area contributed by atoms with Crippen LogP contribution in [-0.4, -0.2) is 83.8 Å². The van der Waals surface area contributed by atoms with Gasteiger partial charge in [0.05, 0.1) is 17.3 Å². The van der Waals surface area contributed by atoms with E-state index in [9.17, 15) is 13.8 Å². The lowest BCUT2D eigenvalue weighted by Gasteiger charge is -2.37. The topological polar surface area (TPSA) is 140 Å². The average molecular weight is 654 g/mol. The van der Waals surface area contributed by atoms with Crippen molar-refractivity contribution < 1.29 is 13.7 Å². The van der Waals surface area contributed by atoms with Crippen LogP contribution in [0.1, 0.15) is 20.8 Å². The quantitative estimate of drug-likeness (QED) is 0.274. The second-order valence-corrected chi connectivity index (χ2v) is 14.7. The predicted molar refractivity (Wildman–Crippen MR) is 178 cm³/mol. The molecular weight excluding hydrogens is 618 g/mol. The Kier molecular flexibility index (Phi) is 8.90. The molecule has 5 rings (SSSR count). The fourth-order valence-electron chi connectivity index (χ4n) is 4.84. The van der Waals surface area contributed by atoms with Crippen LogP contribution in [0, 0.1) is 0 Å². The molecule has 4 aromatic rings. The van der Waals surface area contributed by atoms with E-state index < -0.39 is 15.3 Å². The Hall–Kier alpha value is -4.43. The van der Waals surface area contributed by atoms with E-state index in [0.717, 1.165) is 5.69 Å². The number of ether oxygens (including phenoxy) is 1. The van der Waals surface area contributed by atoms with Crippen LogP contribution < -0.4 is 15.8 Å². The molecule has 1 aromatic carbocycles. The molecular formula is C30H36ClN9O4S. The number of aromatic nitrogens is 5. The monoisotopic (exact) mass is 653 g/mol. The molecule has 0 aliphatic carbocycles. The molecule has 0 saturated carbocycles. The van der Waals surface area contributed by atoms with E-state index in [-0.39, 0.29) is 30.0 Å². The Bertz CT molecular complexity index is 1940. The van der Waals surface area contributed by atoms with Gasteiger partial charge in [-0.05, 0) is 51.1 Å². The Labute approximate surface area is 266 Å². The molecule has 1 amide bonds. The molecule has 0 unspecified atom stereocenters. The summed E-state index contributed by atoms with van der Waals surface area (Å²) in [4.78, 5) is 43.1.